The van der Waals surface area contributed by atoms with Crippen molar-refractivity contribution in [3.05, 3.63) is 40.1 Å². The second-order valence-corrected chi connectivity index (χ2v) is 5.96. The van der Waals surface area contributed by atoms with Crippen LogP contribution in [0.25, 0.3) is 5.69 Å². The van der Waals surface area contributed by atoms with Crippen LogP contribution >= 0.6 is 0 Å². The highest BCUT2D eigenvalue weighted by Crippen LogP contribution is 2.29. The predicted octanol–water partition coefficient (Wildman–Crippen LogP) is 2.64. The maximum absolute atomic E-state index is 11.6. The van der Waals surface area contributed by atoms with E-state index in [0.717, 1.165) is 30.5 Å². The van der Waals surface area contributed by atoms with E-state index in [2.05, 4.69) is 17.1 Å². The van der Waals surface area contributed by atoms with Gasteiger partial charge in [-0.2, -0.15) is 0 Å². The largest absolute Gasteiger partial charge is 0.476 e. The first-order valence-electron chi connectivity index (χ1n) is 8.24. The lowest BCUT2D eigenvalue weighted by atomic mass is 10.00. The summed E-state index contributed by atoms with van der Waals surface area (Å²) < 4.78 is 0. The molecular weight excluding hydrogens is 326 g/mol. The Balaban J connectivity index is 2.10. The fraction of sp³-hybridized carbons (Fsp3) is 0.438. The minimum Gasteiger partial charge on any atom is -0.476 e. The van der Waals surface area contributed by atoms with E-state index in [-0.39, 0.29) is 28.9 Å². The van der Waals surface area contributed by atoms with Gasteiger partial charge < -0.3 is 10.0 Å². The molecule has 1 aromatic heterocycles. The number of aromatic nitrogens is 3. The zero-order chi connectivity index (χ0) is 18.0. The molecular formula is C16H19N5O4. The molecule has 0 amide bonds. The number of aromatic carboxylic acids is 1. The Bertz CT molecular complexity index is 804. The van der Waals surface area contributed by atoms with Gasteiger partial charge in [-0.3, -0.25) is 10.1 Å². The number of nitro groups is 1. The van der Waals surface area contributed by atoms with Gasteiger partial charge in [-0.15, -0.1) is 15.0 Å². The molecule has 1 N–H and O–H groups in total. The number of carboxylic acids is 1. The average molecular weight is 345 g/mol. The molecule has 1 atom stereocenters. The summed E-state index contributed by atoms with van der Waals surface area (Å²) in [7, 11) is 0. The number of hydrogen-bond donors (Lipinski definition) is 1. The highest BCUT2D eigenvalue weighted by atomic mass is 16.6. The molecule has 0 saturated carbocycles. The SMILES string of the molecule is CC[C@H]1CCCCN1c1nn(-c2ccccc2[N+](=O)[O-])nc1C(=O)O. The molecule has 25 heavy (non-hydrogen) atoms. The molecule has 0 radical (unpaired) electrons. The fourth-order valence-electron chi connectivity index (χ4n) is 3.23. The van der Waals surface area contributed by atoms with Gasteiger partial charge in [-0.1, -0.05) is 19.1 Å². The van der Waals surface area contributed by atoms with E-state index in [1.165, 1.54) is 12.1 Å². The van der Waals surface area contributed by atoms with E-state index in [4.69, 9.17) is 0 Å². The Hall–Kier alpha value is -2.97. The number of rotatable bonds is 5. The maximum atomic E-state index is 11.6. The van der Waals surface area contributed by atoms with Crippen molar-refractivity contribution >= 4 is 17.5 Å². The third-order valence-corrected chi connectivity index (χ3v) is 4.46. The van der Waals surface area contributed by atoms with Crippen LogP contribution in [0.2, 0.25) is 0 Å². The van der Waals surface area contributed by atoms with Gasteiger partial charge in [0.15, 0.2) is 11.5 Å². The van der Waals surface area contributed by atoms with Gasteiger partial charge in [0.2, 0.25) is 5.69 Å². The zero-order valence-corrected chi connectivity index (χ0v) is 13.8. The van der Waals surface area contributed by atoms with E-state index in [1.807, 2.05) is 4.90 Å². The van der Waals surface area contributed by atoms with Gasteiger partial charge in [0.25, 0.3) is 5.69 Å². The topological polar surface area (TPSA) is 114 Å². The van der Waals surface area contributed by atoms with Crippen LogP contribution in [0.1, 0.15) is 43.1 Å². The van der Waals surface area contributed by atoms with Crippen LogP contribution in [0.4, 0.5) is 11.5 Å². The average Bonchev–Trinajstić information content (AvgIpc) is 3.07. The van der Waals surface area contributed by atoms with Crippen molar-refractivity contribution in [1.29, 1.82) is 0 Å². The van der Waals surface area contributed by atoms with Crippen LogP contribution in [-0.2, 0) is 0 Å². The Morgan fingerprint density at radius 3 is 2.80 bits per heavy atom. The van der Waals surface area contributed by atoms with E-state index < -0.39 is 10.9 Å². The Morgan fingerprint density at radius 1 is 1.36 bits per heavy atom. The van der Waals surface area contributed by atoms with Gasteiger partial charge >= 0.3 is 5.97 Å². The molecule has 1 aliphatic rings. The molecule has 1 aromatic carbocycles. The lowest BCUT2D eigenvalue weighted by molar-refractivity contribution is -0.384. The molecule has 0 spiro atoms. The molecule has 1 aliphatic heterocycles. The molecule has 9 heteroatoms. The highest BCUT2D eigenvalue weighted by Gasteiger charge is 2.30. The summed E-state index contributed by atoms with van der Waals surface area (Å²) >= 11 is 0. The fourth-order valence-corrected chi connectivity index (χ4v) is 3.23. The van der Waals surface area contributed by atoms with Crippen LogP contribution < -0.4 is 4.90 Å². The lowest BCUT2D eigenvalue weighted by Gasteiger charge is -2.35. The van der Waals surface area contributed by atoms with Gasteiger partial charge in [0.05, 0.1) is 4.92 Å². The van der Waals surface area contributed by atoms with Crippen LogP contribution in [0.15, 0.2) is 24.3 Å². The van der Waals surface area contributed by atoms with Gasteiger partial charge in [0, 0.05) is 18.7 Å². The number of nitrogens with zero attached hydrogens (tertiary/aromatic N) is 5. The third kappa shape index (κ3) is 3.17. The van der Waals surface area contributed by atoms with Crippen molar-refractivity contribution < 1.29 is 14.8 Å². The maximum Gasteiger partial charge on any atom is 0.360 e. The predicted molar refractivity (Wildman–Crippen MR) is 90.2 cm³/mol. The van der Waals surface area contributed by atoms with Crippen molar-refractivity contribution in [3.63, 3.8) is 0 Å². The molecule has 1 saturated heterocycles. The van der Waals surface area contributed by atoms with E-state index >= 15 is 0 Å². The molecule has 0 aliphatic carbocycles. The van der Waals surface area contributed by atoms with E-state index in [1.54, 1.807) is 12.1 Å². The summed E-state index contributed by atoms with van der Waals surface area (Å²) in [5.41, 5.74) is -0.212. The third-order valence-electron chi connectivity index (χ3n) is 4.46. The number of hydrogen-bond acceptors (Lipinski definition) is 6. The number of carboxylic acid groups (broad SMARTS) is 1. The molecule has 2 heterocycles. The number of piperidine rings is 1. The van der Waals surface area contributed by atoms with Crippen LogP contribution in [0, 0.1) is 10.1 Å². The first kappa shape index (κ1) is 16.9. The van der Waals surface area contributed by atoms with Crippen molar-refractivity contribution in [1.82, 2.24) is 15.0 Å². The summed E-state index contributed by atoms with van der Waals surface area (Å²) in [6.07, 6.45) is 3.88. The van der Waals surface area contributed by atoms with Crippen molar-refractivity contribution in [2.45, 2.75) is 38.6 Å². The first-order valence-corrected chi connectivity index (χ1v) is 8.24. The lowest BCUT2D eigenvalue weighted by Crippen LogP contribution is -2.40. The Morgan fingerprint density at radius 2 is 2.12 bits per heavy atom. The minimum absolute atomic E-state index is 0.145. The van der Waals surface area contributed by atoms with Crippen molar-refractivity contribution in [2.24, 2.45) is 0 Å². The quantitative estimate of drug-likeness (QED) is 0.654. The first-order chi connectivity index (χ1) is 12.0. The Kier molecular flexibility index (Phi) is 4.64. The molecule has 132 valence electrons. The van der Waals surface area contributed by atoms with Crippen LogP contribution in [-0.4, -0.2) is 43.6 Å². The number of carbonyl (C=O) groups is 1. The van der Waals surface area contributed by atoms with E-state index in [0.29, 0.717) is 6.54 Å². The number of para-hydroxylation sites is 2. The molecule has 1 fully saturated rings. The molecule has 2 aromatic rings. The Labute approximate surface area is 144 Å². The highest BCUT2D eigenvalue weighted by molar-refractivity contribution is 5.91. The second-order valence-electron chi connectivity index (χ2n) is 5.96. The molecule has 3 rings (SSSR count). The van der Waals surface area contributed by atoms with Gasteiger partial charge in [-0.05, 0) is 31.7 Å². The van der Waals surface area contributed by atoms with Crippen molar-refractivity contribution in [3.8, 4) is 5.69 Å². The number of benzene rings is 1. The normalized spacial score (nSPS) is 17.5. The standard InChI is InChI=1S/C16H19N5O4/c1-2-11-7-5-6-10-19(11)15-14(16(22)23)17-20(18-15)12-8-3-4-9-13(12)21(24)25/h3-4,8-9,11H,2,5-7,10H2,1H3,(H,22,23)/t11-/m0/s1. The second kappa shape index (κ2) is 6.88. The summed E-state index contributed by atoms with van der Waals surface area (Å²) in [5, 5.41) is 29.1. The van der Waals surface area contributed by atoms with E-state index in [9.17, 15) is 20.0 Å². The molecule has 0 bridgehead atoms. The van der Waals surface area contributed by atoms with Gasteiger partial charge in [-0.25, -0.2) is 4.79 Å². The number of anilines is 1. The van der Waals surface area contributed by atoms with Crippen LogP contribution in [0.5, 0.6) is 0 Å². The monoisotopic (exact) mass is 345 g/mol. The van der Waals surface area contributed by atoms with Crippen LogP contribution in [0.3, 0.4) is 0 Å². The summed E-state index contributed by atoms with van der Waals surface area (Å²) in [5.74, 6) is -0.919. The summed E-state index contributed by atoms with van der Waals surface area (Å²) in [6, 6.07) is 6.21. The van der Waals surface area contributed by atoms with Gasteiger partial charge in [0.1, 0.15) is 0 Å². The van der Waals surface area contributed by atoms with Crippen molar-refractivity contribution in [2.75, 3.05) is 11.4 Å². The molecule has 9 nitrogen and oxygen atoms in total. The summed E-state index contributed by atoms with van der Waals surface area (Å²) in [6.45, 7) is 2.75. The smallest absolute Gasteiger partial charge is 0.360 e. The minimum atomic E-state index is -1.19. The molecule has 0 unspecified atom stereocenters. The zero-order valence-electron chi connectivity index (χ0n) is 13.8. The summed E-state index contributed by atoms with van der Waals surface area (Å²) in [4.78, 5) is 25.4. The number of nitro benzene ring substituents is 1.